The second kappa shape index (κ2) is 9.04. The molecule has 4 aromatic carbocycles. The molecule has 0 radical (unpaired) electrons. The number of rotatable bonds is 3. The van der Waals surface area contributed by atoms with Crippen molar-refractivity contribution in [2.45, 2.75) is 18.5 Å². The Kier molecular flexibility index (Phi) is 6.36. The van der Waals surface area contributed by atoms with E-state index in [4.69, 9.17) is 0 Å². The van der Waals surface area contributed by atoms with E-state index in [-0.39, 0.29) is 0 Å². The van der Waals surface area contributed by atoms with Gasteiger partial charge in [-0.15, -0.1) is 0 Å². The molecule has 0 spiro atoms. The topological polar surface area (TPSA) is 0 Å². The molecule has 9 heteroatoms. The molecule has 0 bridgehead atoms. The van der Waals surface area contributed by atoms with Crippen LogP contribution < -0.4 is 0 Å². The first-order valence-electron chi connectivity index (χ1n) is 10.4. The first kappa shape index (κ1) is 25.3. The van der Waals surface area contributed by atoms with Gasteiger partial charge in [-0.25, -0.2) is 0 Å². The summed E-state index contributed by atoms with van der Waals surface area (Å²) < 4.78 is 132. The first-order chi connectivity index (χ1) is 16.8. The van der Waals surface area contributed by atoms with Gasteiger partial charge < -0.3 is 0 Å². The van der Waals surface area contributed by atoms with Gasteiger partial charge in [0.05, 0.1) is 16.7 Å². The van der Waals surface area contributed by atoms with Crippen LogP contribution in [0.4, 0.5) is 39.5 Å². The molecule has 0 saturated heterocycles. The Hall–Kier alpha value is -3.75. The lowest BCUT2D eigenvalue weighted by molar-refractivity contribution is -0.146. The first-order valence-corrected chi connectivity index (χ1v) is 10.4. The van der Waals surface area contributed by atoms with Gasteiger partial charge >= 0.3 is 18.5 Å². The average Bonchev–Trinajstić information content (AvgIpc) is 2.82. The van der Waals surface area contributed by atoms with Crippen molar-refractivity contribution in [1.29, 1.82) is 0 Å². The van der Waals surface area contributed by atoms with E-state index >= 15 is 0 Å². The molecule has 4 aromatic rings. The summed E-state index contributed by atoms with van der Waals surface area (Å²) in [7, 11) is 0. The third kappa shape index (κ3) is 4.69. The molecule has 0 aliphatic rings. The molecule has 4 rings (SSSR count). The van der Waals surface area contributed by atoms with Gasteiger partial charge in [-0.05, 0) is 16.7 Å². The Morgan fingerprint density at radius 3 is 0.667 bits per heavy atom. The minimum Gasteiger partial charge on any atom is -0.166 e. The van der Waals surface area contributed by atoms with Crippen LogP contribution in [0.5, 0.6) is 0 Å². The summed E-state index contributed by atoms with van der Waals surface area (Å²) in [5.74, 6) is 0. The van der Waals surface area contributed by atoms with Crippen LogP contribution >= 0.6 is 0 Å². The molecule has 0 nitrogen and oxygen atoms in total. The zero-order valence-corrected chi connectivity index (χ0v) is 18.1. The zero-order chi connectivity index (χ0) is 26.3. The molecule has 0 heterocycles. The summed E-state index contributed by atoms with van der Waals surface area (Å²) in [6.45, 7) is 0. The number of alkyl halides is 9. The molecule has 0 unspecified atom stereocenters. The van der Waals surface area contributed by atoms with Crippen LogP contribution in [0.15, 0.2) is 91.0 Å². The Balaban J connectivity index is 2.43. The highest BCUT2D eigenvalue weighted by molar-refractivity contribution is 5.93. The fourth-order valence-electron chi connectivity index (χ4n) is 4.28. The molecular weight excluding hydrogens is 495 g/mol. The molecule has 0 fully saturated rings. The van der Waals surface area contributed by atoms with Crippen molar-refractivity contribution >= 4 is 0 Å². The quantitative estimate of drug-likeness (QED) is 0.241. The Labute approximate surface area is 199 Å². The molecule has 0 N–H and O–H groups in total. The molecule has 0 saturated carbocycles. The molecule has 0 aliphatic heterocycles. The van der Waals surface area contributed by atoms with Crippen molar-refractivity contribution in [3.05, 3.63) is 108 Å². The van der Waals surface area contributed by atoms with E-state index in [2.05, 4.69) is 0 Å². The second-order valence-electron chi connectivity index (χ2n) is 7.84. The minimum atomic E-state index is -5.56. The highest BCUT2D eigenvalue weighted by Crippen LogP contribution is 2.57. The van der Waals surface area contributed by atoms with Crippen molar-refractivity contribution in [1.82, 2.24) is 0 Å². The van der Waals surface area contributed by atoms with Crippen LogP contribution in [0.2, 0.25) is 0 Å². The van der Waals surface area contributed by atoms with E-state index in [9.17, 15) is 39.5 Å². The van der Waals surface area contributed by atoms with Crippen molar-refractivity contribution in [3.63, 3.8) is 0 Å². The molecule has 36 heavy (non-hydrogen) atoms. The normalized spacial score (nSPS) is 12.6. The third-order valence-corrected chi connectivity index (χ3v) is 5.54. The minimum absolute atomic E-state index is 0.514. The second-order valence-corrected chi connectivity index (χ2v) is 7.84. The predicted molar refractivity (Wildman–Crippen MR) is 118 cm³/mol. The summed E-state index contributed by atoms with van der Waals surface area (Å²) in [6, 6.07) is 17.5. The highest BCUT2D eigenvalue weighted by atomic mass is 19.4. The fraction of sp³-hybridized carbons (Fsp3) is 0.111. The molecule has 0 amide bonds. The maximum atomic E-state index is 14.6. The monoisotopic (exact) mass is 510 g/mol. The third-order valence-electron chi connectivity index (χ3n) is 5.54. The Bertz CT molecular complexity index is 1160. The standard InChI is InChI=1S/C27H15F9/c28-25(29,30)22-19(16-10-4-1-5-11-16)23(26(31,32)33)21(18-14-8-3-9-15-18)24(27(34,35)36)20(22)17-12-6-2-7-13-17/h1-15H. The molecule has 0 aromatic heterocycles. The highest BCUT2D eigenvalue weighted by Gasteiger charge is 2.51. The summed E-state index contributed by atoms with van der Waals surface area (Å²) in [4.78, 5) is 0. The van der Waals surface area contributed by atoms with Crippen LogP contribution in [-0.4, -0.2) is 0 Å². The van der Waals surface area contributed by atoms with E-state index in [1.165, 1.54) is 54.6 Å². The van der Waals surface area contributed by atoms with Crippen molar-refractivity contribution < 1.29 is 39.5 Å². The largest absolute Gasteiger partial charge is 0.417 e. The lowest BCUT2D eigenvalue weighted by atomic mass is 9.78. The summed E-state index contributed by atoms with van der Waals surface area (Å²) in [5.41, 5.74) is -11.6. The number of hydrogen-bond donors (Lipinski definition) is 0. The number of hydrogen-bond acceptors (Lipinski definition) is 0. The van der Waals surface area contributed by atoms with Crippen LogP contribution in [0.25, 0.3) is 33.4 Å². The maximum Gasteiger partial charge on any atom is 0.417 e. The zero-order valence-electron chi connectivity index (χ0n) is 18.1. The molecular formula is C27H15F9. The van der Waals surface area contributed by atoms with E-state index in [0.717, 1.165) is 36.4 Å². The Morgan fingerprint density at radius 1 is 0.306 bits per heavy atom. The van der Waals surface area contributed by atoms with E-state index in [1.54, 1.807) is 0 Å². The number of halogens is 9. The van der Waals surface area contributed by atoms with Gasteiger partial charge in [-0.1, -0.05) is 91.0 Å². The summed E-state index contributed by atoms with van der Waals surface area (Å²) in [5, 5.41) is 0. The SMILES string of the molecule is FC(F)(F)c1c(-c2ccccc2)c(C(F)(F)F)c(-c2ccccc2)c(C(F)(F)F)c1-c1ccccc1. The van der Waals surface area contributed by atoms with Gasteiger partial charge in [-0.2, -0.15) is 39.5 Å². The molecule has 0 atom stereocenters. The van der Waals surface area contributed by atoms with Crippen LogP contribution in [0.3, 0.4) is 0 Å². The van der Waals surface area contributed by atoms with Crippen LogP contribution in [0.1, 0.15) is 16.7 Å². The maximum absolute atomic E-state index is 14.6. The van der Waals surface area contributed by atoms with Crippen LogP contribution in [-0.2, 0) is 18.5 Å². The van der Waals surface area contributed by atoms with E-state index < -0.39 is 68.6 Å². The lowest BCUT2D eigenvalue weighted by Gasteiger charge is -2.30. The molecule has 186 valence electrons. The van der Waals surface area contributed by atoms with Crippen molar-refractivity contribution in [2.75, 3.05) is 0 Å². The van der Waals surface area contributed by atoms with Gasteiger partial charge in [0, 0.05) is 16.7 Å². The summed E-state index contributed by atoms with van der Waals surface area (Å²) >= 11 is 0. The molecule has 0 aliphatic carbocycles. The van der Waals surface area contributed by atoms with Gasteiger partial charge in [-0.3, -0.25) is 0 Å². The Morgan fingerprint density at radius 2 is 0.500 bits per heavy atom. The predicted octanol–water partition coefficient (Wildman–Crippen LogP) is 9.74. The smallest absolute Gasteiger partial charge is 0.166 e. The van der Waals surface area contributed by atoms with Gasteiger partial charge in [0.2, 0.25) is 0 Å². The van der Waals surface area contributed by atoms with Crippen LogP contribution in [0, 0.1) is 0 Å². The van der Waals surface area contributed by atoms with Crippen molar-refractivity contribution in [2.24, 2.45) is 0 Å². The van der Waals surface area contributed by atoms with Crippen molar-refractivity contribution in [3.8, 4) is 33.4 Å². The number of benzene rings is 4. The fourth-order valence-corrected chi connectivity index (χ4v) is 4.28. The van der Waals surface area contributed by atoms with E-state index in [1.807, 2.05) is 0 Å². The van der Waals surface area contributed by atoms with Gasteiger partial charge in [0.15, 0.2) is 0 Å². The average molecular weight is 510 g/mol. The summed E-state index contributed by atoms with van der Waals surface area (Å²) in [6.07, 6.45) is -16.7. The lowest BCUT2D eigenvalue weighted by Crippen LogP contribution is -2.23. The van der Waals surface area contributed by atoms with E-state index in [0.29, 0.717) is 0 Å². The van der Waals surface area contributed by atoms with Gasteiger partial charge in [0.1, 0.15) is 0 Å². The van der Waals surface area contributed by atoms with Gasteiger partial charge in [0.25, 0.3) is 0 Å².